The second kappa shape index (κ2) is 6.10. The molecular weight excluding hydrogens is 365 g/mol. The van der Waals surface area contributed by atoms with Crippen molar-refractivity contribution in [3.05, 3.63) is 32.7 Å². The molecule has 0 spiro atoms. The third-order valence-electron chi connectivity index (χ3n) is 1.99. The lowest BCUT2D eigenvalue weighted by atomic mass is 10.4. The summed E-state index contributed by atoms with van der Waals surface area (Å²) in [7, 11) is 0. The van der Waals surface area contributed by atoms with Gasteiger partial charge in [0.15, 0.2) is 3.77 Å². The summed E-state index contributed by atoms with van der Waals surface area (Å²) in [5.41, 5.74) is 0. The standard InChI is InChI=1S/C11H10IN3O2S/c1-2-10-14-15-11(18-10)13-9(16)6-4-7-3-5-8(12)17-7/h3-6H,2H2,1H3,(H,13,15,16)/b6-4+. The third kappa shape index (κ3) is 3.64. The zero-order valence-corrected chi connectivity index (χ0v) is 12.5. The minimum atomic E-state index is -0.250. The number of hydrogen-bond acceptors (Lipinski definition) is 5. The Morgan fingerprint density at radius 1 is 1.56 bits per heavy atom. The van der Waals surface area contributed by atoms with Crippen LogP contribution >= 0.6 is 33.9 Å². The van der Waals surface area contributed by atoms with Gasteiger partial charge in [0.1, 0.15) is 10.8 Å². The molecule has 7 heteroatoms. The van der Waals surface area contributed by atoms with Gasteiger partial charge in [0, 0.05) is 6.08 Å². The lowest BCUT2D eigenvalue weighted by molar-refractivity contribution is -0.111. The summed E-state index contributed by atoms with van der Waals surface area (Å²) in [4.78, 5) is 11.6. The Labute approximate surface area is 121 Å². The van der Waals surface area contributed by atoms with E-state index in [0.717, 1.165) is 15.2 Å². The van der Waals surface area contributed by atoms with E-state index in [1.54, 1.807) is 12.1 Å². The molecule has 0 atom stereocenters. The van der Waals surface area contributed by atoms with Crippen LogP contribution in [0.5, 0.6) is 0 Å². The van der Waals surface area contributed by atoms with Crippen LogP contribution in [-0.4, -0.2) is 16.1 Å². The highest BCUT2D eigenvalue weighted by molar-refractivity contribution is 14.1. The number of nitrogens with one attached hydrogen (secondary N) is 1. The summed E-state index contributed by atoms with van der Waals surface area (Å²) in [6.45, 7) is 1.99. The molecule has 1 amide bonds. The molecule has 18 heavy (non-hydrogen) atoms. The molecule has 0 bridgehead atoms. The quantitative estimate of drug-likeness (QED) is 0.659. The summed E-state index contributed by atoms with van der Waals surface area (Å²) >= 11 is 3.44. The second-order valence-electron chi connectivity index (χ2n) is 3.32. The highest BCUT2D eigenvalue weighted by Gasteiger charge is 2.04. The number of carbonyl (C=O) groups is 1. The Hall–Kier alpha value is -1.22. The van der Waals surface area contributed by atoms with Gasteiger partial charge in [0.2, 0.25) is 11.0 Å². The number of halogens is 1. The van der Waals surface area contributed by atoms with Gasteiger partial charge >= 0.3 is 0 Å². The average molecular weight is 375 g/mol. The van der Waals surface area contributed by atoms with Gasteiger partial charge < -0.3 is 4.42 Å². The Balaban J connectivity index is 1.94. The van der Waals surface area contributed by atoms with Crippen LogP contribution in [0.3, 0.4) is 0 Å². The van der Waals surface area contributed by atoms with Gasteiger partial charge in [-0.2, -0.15) is 0 Å². The molecule has 0 saturated heterocycles. The van der Waals surface area contributed by atoms with E-state index >= 15 is 0 Å². The zero-order valence-electron chi connectivity index (χ0n) is 9.51. The van der Waals surface area contributed by atoms with Crippen LogP contribution in [0.15, 0.2) is 22.6 Å². The summed E-state index contributed by atoms with van der Waals surface area (Å²) in [6.07, 6.45) is 3.83. The van der Waals surface area contributed by atoms with Crippen molar-refractivity contribution in [2.45, 2.75) is 13.3 Å². The van der Waals surface area contributed by atoms with Crippen molar-refractivity contribution < 1.29 is 9.21 Å². The largest absolute Gasteiger partial charge is 0.451 e. The molecule has 0 aromatic carbocycles. The maximum atomic E-state index is 11.6. The number of anilines is 1. The van der Waals surface area contributed by atoms with Crippen LogP contribution in [0.2, 0.25) is 0 Å². The molecule has 0 radical (unpaired) electrons. The number of hydrogen-bond donors (Lipinski definition) is 1. The summed E-state index contributed by atoms with van der Waals surface area (Å²) in [5.74, 6) is 0.390. The maximum absolute atomic E-state index is 11.6. The third-order valence-corrected chi connectivity index (χ3v) is 3.56. The van der Waals surface area contributed by atoms with E-state index in [4.69, 9.17) is 4.42 Å². The van der Waals surface area contributed by atoms with Crippen LogP contribution in [0.25, 0.3) is 6.08 Å². The normalized spacial score (nSPS) is 11.0. The molecule has 2 aromatic rings. The first-order valence-corrected chi connectivity index (χ1v) is 7.13. The molecule has 94 valence electrons. The first kappa shape index (κ1) is 13.2. The van der Waals surface area contributed by atoms with Gasteiger partial charge in [0.25, 0.3) is 0 Å². The molecule has 0 saturated carbocycles. The molecule has 2 heterocycles. The number of aryl methyl sites for hydroxylation is 1. The number of aromatic nitrogens is 2. The van der Waals surface area contributed by atoms with Crippen LogP contribution in [0.1, 0.15) is 17.7 Å². The van der Waals surface area contributed by atoms with E-state index in [0.29, 0.717) is 10.9 Å². The molecule has 0 aliphatic rings. The number of rotatable bonds is 4. The SMILES string of the molecule is CCc1nnc(NC(=O)/C=C/c2ccc(I)o2)s1. The predicted octanol–water partition coefficient (Wildman–Crippen LogP) is 2.95. The fraction of sp³-hybridized carbons (Fsp3) is 0.182. The Morgan fingerprint density at radius 3 is 3.00 bits per heavy atom. The second-order valence-corrected chi connectivity index (χ2v) is 5.44. The molecule has 0 fully saturated rings. The smallest absolute Gasteiger partial charge is 0.250 e. The summed E-state index contributed by atoms with van der Waals surface area (Å²) in [5, 5.41) is 11.8. The van der Waals surface area contributed by atoms with Crippen molar-refractivity contribution in [1.82, 2.24) is 10.2 Å². The maximum Gasteiger partial charge on any atom is 0.250 e. The monoisotopic (exact) mass is 375 g/mol. The Kier molecular flexibility index (Phi) is 4.48. The molecule has 5 nitrogen and oxygen atoms in total. The van der Waals surface area contributed by atoms with E-state index < -0.39 is 0 Å². The molecule has 2 aromatic heterocycles. The number of furan rings is 1. The topological polar surface area (TPSA) is 68.0 Å². The van der Waals surface area contributed by atoms with Gasteiger partial charge in [-0.25, -0.2) is 0 Å². The minimum Gasteiger partial charge on any atom is -0.451 e. The van der Waals surface area contributed by atoms with Crippen molar-refractivity contribution in [2.75, 3.05) is 5.32 Å². The summed E-state index contributed by atoms with van der Waals surface area (Å²) in [6, 6.07) is 3.63. The van der Waals surface area contributed by atoms with Crippen LogP contribution < -0.4 is 5.32 Å². The van der Waals surface area contributed by atoms with Crippen LogP contribution in [0, 0.1) is 3.77 Å². The molecule has 0 unspecified atom stereocenters. The molecule has 0 aliphatic heterocycles. The van der Waals surface area contributed by atoms with Gasteiger partial charge in [-0.15, -0.1) is 10.2 Å². The van der Waals surface area contributed by atoms with E-state index in [2.05, 4.69) is 38.1 Å². The summed E-state index contributed by atoms with van der Waals surface area (Å²) < 4.78 is 6.08. The molecular formula is C11H10IN3O2S. The van der Waals surface area contributed by atoms with Crippen molar-refractivity contribution >= 4 is 51.0 Å². The first-order valence-electron chi connectivity index (χ1n) is 5.24. The number of nitrogens with zero attached hydrogens (tertiary/aromatic N) is 2. The predicted molar refractivity (Wildman–Crippen MR) is 78.4 cm³/mol. The van der Waals surface area contributed by atoms with Crippen LogP contribution in [0.4, 0.5) is 5.13 Å². The molecule has 1 N–H and O–H groups in total. The number of carbonyl (C=O) groups excluding carboxylic acids is 1. The number of amides is 1. The first-order chi connectivity index (χ1) is 8.67. The van der Waals surface area contributed by atoms with Crippen molar-refractivity contribution in [1.29, 1.82) is 0 Å². The molecule has 0 aliphatic carbocycles. The van der Waals surface area contributed by atoms with E-state index in [-0.39, 0.29) is 5.91 Å². The van der Waals surface area contributed by atoms with Gasteiger partial charge in [-0.3, -0.25) is 10.1 Å². The van der Waals surface area contributed by atoms with Crippen LogP contribution in [-0.2, 0) is 11.2 Å². The highest BCUT2D eigenvalue weighted by Crippen LogP contribution is 2.15. The fourth-order valence-corrected chi connectivity index (χ4v) is 2.29. The average Bonchev–Trinajstić information content (AvgIpc) is 2.95. The van der Waals surface area contributed by atoms with E-state index in [1.807, 2.05) is 13.0 Å². The van der Waals surface area contributed by atoms with Gasteiger partial charge in [-0.05, 0) is 47.2 Å². The Bertz CT molecular complexity index is 576. The lowest BCUT2D eigenvalue weighted by Gasteiger charge is -1.93. The van der Waals surface area contributed by atoms with Crippen molar-refractivity contribution in [3.63, 3.8) is 0 Å². The Morgan fingerprint density at radius 2 is 2.39 bits per heavy atom. The highest BCUT2D eigenvalue weighted by atomic mass is 127. The minimum absolute atomic E-state index is 0.250. The zero-order chi connectivity index (χ0) is 13.0. The molecule has 2 rings (SSSR count). The van der Waals surface area contributed by atoms with Crippen molar-refractivity contribution in [3.8, 4) is 0 Å². The van der Waals surface area contributed by atoms with E-state index in [9.17, 15) is 4.79 Å². The van der Waals surface area contributed by atoms with Crippen molar-refractivity contribution in [2.24, 2.45) is 0 Å². The fourth-order valence-electron chi connectivity index (χ4n) is 1.17. The van der Waals surface area contributed by atoms with Gasteiger partial charge in [0.05, 0.1) is 0 Å². The lowest BCUT2D eigenvalue weighted by Crippen LogP contribution is -2.07. The van der Waals surface area contributed by atoms with E-state index in [1.165, 1.54) is 17.4 Å². The van der Waals surface area contributed by atoms with Gasteiger partial charge in [-0.1, -0.05) is 18.3 Å².